The summed E-state index contributed by atoms with van der Waals surface area (Å²) in [5.41, 5.74) is 3.15. The highest BCUT2D eigenvalue weighted by Crippen LogP contribution is 2.20. The number of para-hydroxylation sites is 1. The smallest absolute Gasteiger partial charge is 0.337 e. The Balaban J connectivity index is 1.79. The lowest BCUT2D eigenvalue weighted by Gasteiger charge is -2.07. The van der Waals surface area contributed by atoms with E-state index in [1.54, 1.807) is 23.9 Å². The van der Waals surface area contributed by atoms with Gasteiger partial charge in [0.25, 0.3) is 0 Å². The Hall–Kier alpha value is -3.15. The van der Waals surface area contributed by atoms with Gasteiger partial charge in [-0.05, 0) is 18.2 Å². The van der Waals surface area contributed by atoms with Gasteiger partial charge in [0.15, 0.2) is 0 Å². The van der Waals surface area contributed by atoms with E-state index in [-0.39, 0.29) is 5.97 Å². The number of hydrogen-bond donors (Lipinski definition) is 0. The molecule has 0 N–H and O–H groups in total. The minimum atomic E-state index is -0.360. The third-order valence-corrected chi connectivity index (χ3v) is 3.67. The molecule has 0 saturated carbocycles. The van der Waals surface area contributed by atoms with Gasteiger partial charge in [-0.2, -0.15) is 0 Å². The molecule has 0 amide bonds. The van der Waals surface area contributed by atoms with Crippen LogP contribution in [0.15, 0.2) is 54.7 Å². The van der Waals surface area contributed by atoms with E-state index >= 15 is 0 Å². The Morgan fingerprint density at radius 3 is 2.54 bits per heavy atom. The summed E-state index contributed by atoms with van der Waals surface area (Å²) in [5.74, 6) is 0.457. The van der Waals surface area contributed by atoms with Gasteiger partial charge >= 0.3 is 5.97 Å². The van der Waals surface area contributed by atoms with Crippen molar-refractivity contribution in [3.63, 3.8) is 0 Å². The van der Waals surface area contributed by atoms with Gasteiger partial charge in [0.05, 0.1) is 32.5 Å². The number of nitrogens with zero attached hydrogens (tertiary/aromatic N) is 3. The van der Waals surface area contributed by atoms with Crippen molar-refractivity contribution < 1.29 is 14.3 Å². The fourth-order valence-electron chi connectivity index (χ4n) is 2.41. The maximum Gasteiger partial charge on any atom is 0.337 e. The Labute approximate surface area is 139 Å². The molecule has 0 aliphatic carbocycles. The third-order valence-electron chi connectivity index (χ3n) is 3.67. The molecule has 1 aromatic heterocycles. The van der Waals surface area contributed by atoms with Crippen LogP contribution in [0.3, 0.4) is 0 Å². The van der Waals surface area contributed by atoms with Crippen LogP contribution in [0.4, 0.5) is 0 Å². The zero-order valence-electron chi connectivity index (χ0n) is 13.5. The lowest BCUT2D eigenvalue weighted by molar-refractivity contribution is 0.0601. The minimum absolute atomic E-state index is 0.360. The molecule has 0 aliphatic rings. The van der Waals surface area contributed by atoms with Gasteiger partial charge in [-0.1, -0.05) is 35.5 Å². The maximum atomic E-state index is 11.5. The molecule has 122 valence electrons. The first kappa shape index (κ1) is 15.7. The van der Waals surface area contributed by atoms with Gasteiger partial charge in [0.2, 0.25) is 0 Å². The molecule has 6 nitrogen and oxygen atoms in total. The predicted octanol–water partition coefficient (Wildman–Crippen LogP) is 2.79. The standard InChI is InChI=1S/C18H17N3O3/c1-23-17-6-4-3-5-15(17)11-21-12-16(19-20-21)13-7-9-14(10-8-13)18(22)24-2/h3-10,12H,11H2,1-2H3. The van der Waals surface area contributed by atoms with Crippen molar-refractivity contribution >= 4 is 5.97 Å². The van der Waals surface area contributed by atoms with Gasteiger partial charge in [0, 0.05) is 11.1 Å². The van der Waals surface area contributed by atoms with Crippen molar-refractivity contribution in [2.75, 3.05) is 14.2 Å². The summed E-state index contributed by atoms with van der Waals surface area (Å²) < 4.78 is 11.8. The molecule has 24 heavy (non-hydrogen) atoms. The van der Waals surface area contributed by atoms with E-state index in [0.717, 1.165) is 22.6 Å². The number of ether oxygens (including phenoxy) is 2. The first-order valence-corrected chi connectivity index (χ1v) is 7.42. The van der Waals surface area contributed by atoms with Crippen LogP contribution < -0.4 is 4.74 Å². The zero-order valence-corrected chi connectivity index (χ0v) is 13.5. The molecular formula is C18H17N3O3. The van der Waals surface area contributed by atoms with Crippen LogP contribution in [-0.4, -0.2) is 35.2 Å². The van der Waals surface area contributed by atoms with E-state index in [1.807, 2.05) is 42.6 Å². The summed E-state index contributed by atoms with van der Waals surface area (Å²) in [6.07, 6.45) is 1.86. The van der Waals surface area contributed by atoms with Crippen molar-refractivity contribution in [1.82, 2.24) is 15.0 Å². The van der Waals surface area contributed by atoms with Crippen LogP contribution in [-0.2, 0) is 11.3 Å². The molecule has 6 heteroatoms. The van der Waals surface area contributed by atoms with Crippen LogP contribution >= 0.6 is 0 Å². The number of methoxy groups -OCH3 is 2. The van der Waals surface area contributed by atoms with Crippen LogP contribution in [0.1, 0.15) is 15.9 Å². The average Bonchev–Trinajstić information content (AvgIpc) is 3.10. The van der Waals surface area contributed by atoms with Gasteiger partial charge in [-0.15, -0.1) is 5.10 Å². The largest absolute Gasteiger partial charge is 0.496 e. The number of aromatic nitrogens is 3. The zero-order chi connectivity index (χ0) is 16.9. The van der Waals surface area contributed by atoms with Gasteiger partial charge < -0.3 is 9.47 Å². The SMILES string of the molecule is COC(=O)c1ccc(-c2cn(Cc3ccccc3OC)nn2)cc1. The topological polar surface area (TPSA) is 66.2 Å². The third kappa shape index (κ3) is 3.27. The second-order valence-corrected chi connectivity index (χ2v) is 5.18. The molecule has 0 bridgehead atoms. The number of benzene rings is 2. The summed E-state index contributed by atoms with van der Waals surface area (Å²) in [4.78, 5) is 11.5. The average molecular weight is 323 g/mol. The number of rotatable bonds is 5. The van der Waals surface area contributed by atoms with Gasteiger partial charge in [-0.25, -0.2) is 9.48 Å². The molecule has 2 aromatic carbocycles. The molecule has 0 aliphatic heterocycles. The second-order valence-electron chi connectivity index (χ2n) is 5.18. The highest BCUT2D eigenvalue weighted by Gasteiger charge is 2.09. The van der Waals surface area contributed by atoms with Gasteiger partial charge in [-0.3, -0.25) is 0 Å². The molecule has 0 atom stereocenters. The van der Waals surface area contributed by atoms with E-state index < -0.39 is 0 Å². The maximum absolute atomic E-state index is 11.5. The van der Waals surface area contributed by atoms with Crippen molar-refractivity contribution in [2.24, 2.45) is 0 Å². The Bertz CT molecular complexity index is 841. The summed E-state index contributed by atoms with van der Waals surface area (Å²) in [7, 11) is 3.01. The summed E-state index contributed by atoms with van der Waals surface area (Å²) >= 11 is 0. The molecule has 3 rings (SSSR count). The fourth-order valence-corrected chi connectivity index (χ4v) is 2.41. The van der Waals surface area contributed by atoms with E-state index in [1.165, 1.54) is 7.11 Å². The first-order chi connectivity index (χ1) is 11.7. The van der Waals surface area contributed by atoms with Crippen molar-refractivity contribution in [2.45, 2.75) is 6.54 Å². The summed E-state index contributed by atoms with van der Waals surface area (Å²) in [5, 5.41) is 8.35. The lowest BCUT2D eigenvalue weighted by Crippen LogP contribution is -2.02. The summed E-state index contributed by atoms with van der Waals surface area (Å²) in [6.45, 7) is 0.567. The van der Waals surface area contributed by atoms with Crippen LogP contribution in [0.25, 0.3) is 11.3 Å². The van der Waals surface area contributed by atoms with E-state index in [4.69, 9.17) is 9.47 Å². The number of carbonyl (C=O) groups is 1. The second kappa shape index (κ2) is 6.95. The molecule has 3 aromatic rings. The predicted molar refractivity (Wildman–Crippen MR) is 88.9 cm³/mol. The van der Waals surface area contributed by atoms with Gasteiger partial charge in [0.1, 0.15) is 11.4 Å². The Morgan fingerprint density at radius 1 is 1.08 bits per heavy atom. The van der Waals surface area contributed by atoms with Crippen LogP contribution in [0.5, 0.6) is 5.75 Å². The fraction of sp³-hybridized carbons (Fsp3) is 0.167. The molecule has 0 unspecified atom stereocenters. The Morgan fingerprint density at radius 2 is 1.83 bits per heavy atom. The Kier molecular flexibility index (Phi) is 4.56. The highest BCUT2D eigenvalue weighted by atomic mass is 16.5. The van der Waals surface area contributed by atoms with Crippen LogP contribution in [0.2, 0.25) is 0 Å². The quantitative estimate of drug-likeness (QED) is 0.676. The molecule has 0 saturated heterocycles. The molecule has 1 heterocycles. The van der Waals surface area contributed by atoms with Crippen molar-refractivity contribution in [3.8, 4) is 17.0 Å². The van der Waals surface area contributed by atoms with Crippen molar-refractivity contribution in [1.29, 1.82) is 0 Å². The van der Waals surface area contributed by atoms with E-state index in [0.29, 0.717) is 12.1 Å². The number of carbonyl (C=O) groups excluding carboxylic acids is 1. The highest BCUT2D eigenvalue weighted by molar-refractivity contribution is 5.89. The molecule has 0 radical (unpaired) electrons. The molecule has 0 spiro atoms. The molecular weight excluding hydrogens is 306 g/mol. The number of hydrogen-bond acceptors (Lipinski definition) is 5. The van der Waals surface area contributed by atoms with Crippen LogP contribution in [0, 0.1) is 0 Å². The van der Waals surface area contributed by atoms with E-state index in [9.17, 15) is 4.79 Å². The first-order valence-electron chi connectivity index (χ1n) is 7.42. The molecule has 0 fully saturated rings. The minimum Gasteiger partial charge on any atom is -0.496 e. The monoisotopic (exact) mass is 323 g/mol. The number of esters is 1. The van der Waals surface area contributed by atoms with E-state index in [2.05, 4.69) is 10.3 Å². The normalized spacial score (nSPS) is 10.4. The lowest BCUT2D eigenvalue weighted by atomic mass is 10.1. The van der Waals surface area contributed by atoms with Crippen molar-refractivity contribution in [3.05, 3.63) is 65.9 Å². The summed E-state index contributed by atoms with van der Waals surface area (Å²) in [6, 6.07) is 14.9.